The van der Waals surface area contributed by atoms with E-state index in [1.807, 2.05) is 26.0 Å². The molecule has 1 heterocycles. The molecule has 0 bridgehead atoms. The van der Waals surface area contributed by atoms with E-state index >= 15 is 0 Å². The number of aliphatic hydroxyl groups is 2. The van der Waals surface area contributed by atoms with Crippen LogP contribution in [0, 0.1) is 17.3 Å². The van der Waals surface area contributed by atoms with Crippen molar-refractivity contribution < 1.29 is 24.9 Å². The Kier molecular flexibility index (Phi) is 8.48. The van der Waals surface area contributed by atoms with E-state index in [1.54, 1.807) is 11.3 Å². The molecular formula is C26H36O5S. The first-order chi connectivity index (χ1) is 15.2. The number of unbranched alkanes of at least 4 members (excludes halogenated alkanes) is 3. The Labute approximate surface area is 194 Å². The first-order valence-electron chi connectivity index (χ1n) is 11.8. The Morgan fingerprint density at radius 1 is 1.12 bits per heavy atom. The third-order valence-corrected chi connectivity index (χ3v) is 8.17. The molecule has 4 atom stereocenters. The molecule has 1 aliphatic carbocycles. The van der Waals surface area contributed by atoms with Crippen molar-refractivity contribution in [3.63, 3.8) is 0 Å². The van der Waals surface area contributed by atoms with Crippen molar-refractivity contribution in [1.82, 2.24) is 0 Å². The lowest BCUT2D eigenvalue weighted by Crippen LogP contribution is -2.32. The van der Waals surface area contributed by atoms with Crippen molar-refractivity contribution >= 4 is 33.2 Å². The van der Waals surface area contributed by atoms with Crippen molar-refractivity contribution in [1.29, 1.82) is 0 Å². The number of carboxylic acids is 1. The second kappa shape index (κ2) is 10.9. The number of fused-ring (bicyclic) bond motifs is 1. The van der Waals surface area contributed by atoms with Gasteiger partial charge in [-0.05, 0) is 49.1 Å². The van der Waals surface area contributed by atoms with E-state index < -0.39 is 23.6 Å². The molecule has 0 saturated heterocycles. The Morgan fingerprint density at radius 2 is 1.84 bits per heavy atom. The molecule has 1 aliphatic rings. The van der Waals surface area contributed by atoms with Crippen molar-refractivity contribution in [3.8, 4) is 0 Å². The van der Waals surface area contributed by atoms with Crippen LogP contribution >= 0.6 is 11.3 Å². The van der Waals surface area contributed by atoms with Crippen molar-refractivity contribution in [2.24, 2.45) is 17.3 Å². The second-order valence-electron chi connectivity index (χ2n) is 9.83. The minimum Gasteiger partial charge on any atom is -0.481 e. The third kappa shape index (κ3) is 5.97. The summed E-state index contributed by atoms with van der Waals surface area (Å²) in [6.45, 7) is 3.65. The molecule has 5 nitrogen and oxygen atoms in total. The van der Waals surface area contributed by atoms with Gasteiger partial charge in [-0.2, -0.15) is 0 Å². The highest BCUT2D eigenvalue weighted by Crippen LogP contribution is 2.46. The summed E-state index contributed by atoms with van der Waals surface area (Å²) in [7, 11) is 0. The number of benzene rings is 1. The molecule has 0 amide bonds. The largest absolute Gasteiger partial charge is 0.481 e. The zero-order chi connectivity index (χ0) is 23.3. The zero-order valence-corrected chi connectivity index (χ0v) is 19.9. The average molecular weight is 461 g/mol. The van der Waals surface area contributed by atoms with Gasteiger partial charge in [0.05, 0.1) is 12.2 Å². The van der Waals surface area contributed by atoms with Gasteiger partial charge in [0, 0.05) is 33.8 Å². The van der Waals surface area contributed by atoms with E-state index in [9.17, 15) is 19.8 Å². The van der Waals surface area contributed by atoms with Gasteiger partial charge in [-0.3, -0.25) is 9.59 Å². The molecule has 1 fully saturated rings. The number of carboxylic acid groups (broad SMARTS) is 1. The van der Waals surface area contributed by atoms with Gasteiger partial charge in [-0.15, -0.1) is 11.3 Å². The fraction of sp³-hybridized carbons (Fsp3) is 0.615. The number of hydrogen-bond donors (Lipinski definition) is 3. The van der Waals surface area contributed by atoms with E-state index in [-0.39, 0.29) is 24.0 Å². The maximum atomic E-state index is 13.0. The van der Waals surface area contributed by atoms with Gasteiger partial charge < -0.3 is 15.3 Å². The SMILES string of the molecule is CC1(C)C(=O)[C@H](CCCCCCC(=O)O)[C@@H](CCC(O)Cc2cc3ccccc3s2)[C@@H]1O. The Balaban J connectivity index is 1.53. The zero-order valence-electron chi connectivity index (χ0n) is 19.1. The van der Waals surface area contributed by atoms with Crippen LogP contribution in [0.15, 0.2) is 30.3 Å². The molecule has 3 N–H and O–H groups in total. The molecule has 2 aromatic rings. The van der Waals surface area contributed by atoms with Crippen LogP contribution < -0.4 is 0 Å². The van der Waals surface area contributed by atoms with E-state index in [2.05, 4.69) is 18.2 Å². The molecule has 176 valence electrons. The molecule has 6 heteroatoms. The molecule has 32 heavy (non-hydrogen) atoms. The van der Waals surface area contributed by atoms with E-state index in [0.29, 0.717) is 25.7 Å². The van der Waals surface area contributed by atoms with E-state index in [4.69, 9.17) is 5.11 Å². The number of hydrogen-bond acceptors (Lipinski definition) is 5. The molecule has 1 aromatic heterocycles. The monoisotopic (exact) mass is 460 g/mol. The lowest BCUT2D eigenvalue weighted by Gasteiger charge is -2.25. The lowest BCUT2D eigenvalue weighted by atomic mass is 9.84. The summed E-state index contributed by atoms with van der Waals surface area (Å²) in [6, 6.07) is 10.3. The summed E-state index contributed by atoms with van der Waals surface area (Å²) in [5.41, 5.74) is -0.755. The number of carbonyl (C=O) groups excluding carboxylic acids is 1. The number of rotatable bonds is 12. The summed E-state index contributed by atoms with van der Waals surface area (Å²) in [6.07, 6.45) is 4.78. The predicted octanol–water partition coefficient (Wildman–Crippen LogP) is 5.21. The van der Waals surface area contributed by atoms with Crippen LogP contribution in [0.1, 0.15) is 70.1 Å². The summed E-state index contributed by atoms with van der Waals surface area (Å²) in [5.74, 6) is -0.959. The highest BCUT2D eigenvalue weighted by molar-refractivity contribution is 7.19. The van der Waals surface area contributed by atoms with Gasteiger partial charge in [0.25, 0.3) is 0 Å². The van der Waals surface area contributed by atoms with Crippen molar-refractivity contribution in [2.45, 2.75) is 83.8 Å². The van der Waals surface area contributed by atoms with Gasteiger partial charge in [-0.25, -0.2) is 0 Å². The molecule has 0 radical (unpaired) electrons. The van der Waals surface area contributed by atoms with Gasteiger partial charge in [-0.1, -0.05) is 51.3 Å². The van der Waals surface area contributed by atoms with E-state index in [0.717, 1.165) is 30.6 Å². The molecule has 3 rings (SSSR count). The molecule has 0 aliphatic heterocycles. The van der Waals surface area contributed by atoms with Crippen LogP contribution in [0.3, 0.4) is 0 Å². The highest BCUT2D eigenvalue weighted by Gasteiger charge is 2.53. The molecule has 1 unspecified atom stereocenters. The maximum Gasteiger partial charge on any atom is 0.303 e. The minimum atomic E-state index is -0.768. The molecular weight excluding hydrogens is 424 g/mol. The lowest BCUT2D eigenvalue weighted by molar-refractivity contribution is -0.137. The van der Waals surface area contributed by atoms with Crippen LogP contribution in [0.5, 0.6) is 0 Å². The Bertz CT molecular complexity index is 885. The highest BCUT2D eigenvalue weighted by atomic mass is 32.1. The fourth-order valence-electron chi connectivity index (χ4n) is 5.13. The van der Waals surface area contributed by atoms with E-state index in [1.165, 1.54) is 10.1 Å². The normalized spacial score (nSPS) is 23.6. The number of Topliss-reactive ketones (excluding diaryl/α,β-unsaturated/α-hetero) is 1. The van der Waals surface area contributed by atoms with Gasteiger partial charge in [0.2, 0.25) is 0 Å². The summed E-state index contributed by atoms with van der Waals surface area (Å²) < 4.78 is 1.22. The summed E-state index contributed by atoms with van der Waals surface area (Å²) in [5, 5.41) is 31.5. The van der Waals surface area contributed by atoms with Gasteiger partial charge in [0.1, 0.15) is 5.78 Å². The second-order valence-corrected chi connectivity index (χ2v) is 11.0. The topological polar surface area (TPSA) is 94.8 Å². The Morgan fingerprint density at radius 3 is 2.56 bits per heavy atom. The number of thiophene rings is 1. The number of aliphatic carboxylic acids is 1. The van der Waals surface area contributed by atoms with Gasteiger partial charge in [0.15, 0.2) is 0 Å². The maximum absolute atomic E-state index is 13.0. The predicted molar refractivity (Wildman–Crippen MR) is 128 cm³/mol. The average Bonchev–Trinajstić information content (AvgIpc) is 3.21. The first kappa shape index (κ1) is 24.9. The summed E-state index contributed by atoms with van der Waals surface area (Å²) >= 11 is 1.70. The van der Waals surface area contributed by atoms with Crippen LogP contribution in [0.25, 0.3) is 10.1 Å². The summed E-state index contributed by atoms with van der Waals surface area (Å²) in [4.78, 5) is 24.8. The third-order valence-electron chi connectivity index (χ3n) is 7.04. The van der Waals surface area contributed by atoms with Crippen molar-refractivity contribution in [2.75, 3.05) is 0 Å². The quantitative estimate of drug-likeness (QED) is 0.378. The van der Waals surface area contributed by atoms with Crippen LogP contribution in [-0.4, -0.2) is 39.3 Å². The van der Waals surface area contributed by atoms with Crippen LogP contribution in [0.4, 0.5) is 0 Å². The number of aliphatic hydroxyl groups excluding tert-OH is 2. The van der Waals surface area contributed by atoms with Crippen LogP contribution in [0.2, 0.25) is 0 Å². The molecule has 0 spiro atoms. The van der Waals surface area contributed by atoms with Crippen molar-refractivity contribution in [3.05, 3.63) is 35.2 Å². The fourth-order valence-corrected chi connectivity index (χ4v) is 6.26. The first-order valence-corrected chi connectivity index (χ1v) is 12.6. The standard InChI is InChI=1S/C26H36O5S/c1-26(2)24(30)20(10-5-3-4-6-12-23(28)29)21(25(26)31)14-13-18(27)16-19-15-17-9-7-8-11-22(17)32-19/h7-9,11,15,18,20-21,25,27,31H,3-6,10,12-14,16H2,1-2H3,(H,28,29)/t18?,20-,21-,25+/m1/s1. The number of ketones is 1. The Hall–Kier alpha value is -1.76. The minimum absolute atomic E-state index is 0.125. The number of carbonyl (C=O) groups is 2. The molecule has 1 saturated carbocycles. The van der Waals surface area contributed by atoms with Gasteiger partial charge >= 0.3 is 5.97 Å². The van der Waals surface area contributed by atoms with Crippen LogP contribution in [-0.2, 0) is 16.0 Å². The molecule has 1 aromatic carbocycles. The smallest absolute Gasteiger partial charge is 0.303 e.